The minimum Gasteiger partial charge on any atom is -0.353 e. The number of hydrogen-bond donors (Lipinski definition) is 1. The summed E-state index contributed by atoms with van der Waals surface area (Å²) in [7, 11) is 0. The number of nitrogens with one attached hydrogen (secondary N) is 1. The van der Waals surface area contributed by atoms with E-state index in [4.69, 9.17) is 9.97 Å². The molecule has 8 heteroatoms. The number of aromatic nitrogens is 4. The van der Waals surface area contributed by atoms with Gasteiger partial charge in [-0.3, -0.25) is 0 Å². The second kappa shape index (κ2) is 9.31. The first-order valence-corrected chi connectivity index (χ1v) is 12.5. The molecule has 170 valence electrons. The van der Waals surface area contributed by atoms with E-state index in [9.17, 15) is 0 Å². The molecule has 0 radical (unpaired) electrons. The fourth-order valence-electron chi connectivity index (χ4n) is 4.28. The van der Waals surface area contributed by atoms with E-state index in [1.807, 2.05) is 24.6 Å². The number of piperazine rings is 1. The normalized spacial score (nSPS) is 14.3. The number of anilines is 4. The van der Waals surface area contributed by atoms with Crippen LogP contribution in [0.15, 0.2) is 66.1 Å². The van der Waals surface area contributed by atoms with E-state index in [2.05, 4.69) is 81.1 Å². The molecular weight excluding hydrogens is 430 g/mol. The number of rotatable bonds is 6. The summed E-state index contributed by atoms with van der Waals surface area (Å²) in [5, 5.41) is 5.50. The van der Waals surface area contributed by atoms with Crippen LogP contribution in [0.1, 0.15) is 19.9 Å². The van der Waals surface area contributed by atoms with Crippen molar-refractivity contribution in [3.63, 3.8) is 0 Å². The van der Waals surface area contributed by atoms with Gasteiger partial charge in [0.05, 0.1) is 0 Å². The minimum atomic E-state index is 0.438. The third-order valence-electron chi connectivity index (χ3n) is 6.00. The summed E-state index contributed by atoms with van der Waals surface area (Å²) >= 11 is 1.57. The molecule has 0 unspecified atom stereocenters. The van der Waals surface area contributed by atoms with Gasteiger partial charge in [0.1, 0.15) is 17.5 Å². The summed E-state index contributed by atoms with van der Waals surface area (Å²) in [6, 6.07) is 17.2. The van der Waals surface area contributed by atoms with Crippen LogP contribution in [-0.2, 0) is 0 Å². The molecule has 1 saturated heterocycles. The Hall–Kier alpha value is -3.26. The second-order valence-corrected chi connectivity index (χ2v) is 9.25. The molecule has 33 heavy (non-hydrogen) atoms. The SMILES string of the molecule is CSc1nc(Nc2ccc3c(ccn3C(C)C)c2)cc(N2CCN(c3ccccn3)CC2)n1. The Kier molecular flexibility index (Phi) is 6.09. The Labute approximate surface area is 198 Å². The molecule has 1 aliphatic rings. The third-order valence-corrected chi connectivity index (χ3v) is 6.55. The molecule has 0 atom stereocenters. The molecule has 0 spiro atoms. The zero-order chi connectivity index (χ0) is 22.8. The van der Waals surface area contributed by atoms with E-state index in [0.717, 1.165) is 54.5 Å². The van der Waals surface area contributed by atoms with Gasteiger partial charge in [-0.25, -0.2) is 15.0 Å². The van der Waals surface area contributed by atoms with Crippen LogP contribution in [0.3, 0.4) is 0 Å². The van der Waals surface area contributed by atoms with Crippen molar-refractivity contribution in [3.8, 4) is 0 Å². The maximum atomic E-state index is 4.79. The summed E-state index contributed by atoms with van der Waals surface area (Å²) in [5.74, 6) is 2.82. The van der Waals surface area contributed by atoms with Crippen LogP contribution in [-0.4, -0.2) is 52.0 Å². The number of hydrogen-bond acceptors (Lipinski definition) is 7. The predicted molar refractivity (Wildman–Crippen MR) is 138 cm³/mol. The van der Waals surface area contributed by atoms with Crippen LogP contribution in [0.4, 0.5) is 23.1 Å². The van der Waals surface area contributed by atoms with Crippen LogP contribution < -0.4 is 15.1 Å². The van der Waals surface area contributed by atoms with Crippen LogP contribution in [0.25, 0.3) is 10.9 Å². The molecule has 5 rings (SSSR count). The molecule has 4 aromatic rings. The van der Waals surface area contributed by atoms with Crippen molar-refractivity contribution in [1.29, 1.82) is 0 Å². The van der Waals surface area contributed by atoms with Gasteiger partial charge in [-0.05, 0) is 56.5 Å². The van der Waals surface area contributed by atoms with Crippen LogP contribution in [0.5, 0.6) is 0 Å². The summed E-state index contributed by atoms with van der Waals surface area (Å²) in [5.41, 5.74) is 2.27. The van der Waals surface area contributed by atoms with Crippen LogP contribution in [0, 0.1) is 0 Å². The Balaban J connectivity index is 1.34. The van der Waals surface area contributed by atoms with Gasteiger partial charge in [0.2, 0.25) is 0 Å². The molecule has 0 bridgehead atoms. The average molecular weight is 460 g/mol. The van der Waals surface area contributed by atoms with Crippen molar-refractivity contribution in [2.45, 2.75) is 25.0 Å². The Bertz CT molecular complexity index is 1230. The number of nitrogens with zero attached hydrogens (tertiary/aromatic N) is 6. The van der Waals surface area contributed by atoms with Crippen molar-refractivity contribution >= 4 is 45.8 Å². The van der Waals surface area contributed by atoms with Crippen LogP contribution in [0.2, 0.25) is 0 Å². The van der Waals surface area contributed by atoms with Gasteiger partial charge < -0.3 is 19.7 Å². The highest BCUT2D eigenvalue weighted by Gasteiger charge is 2.20. The smallest absolute Gasteiger partial charge is 0.191 e. The Morgan fingerprint density at radius 3 is 2.39 bits per heavy atom. The zero-order valence-corrected chi connectivity index (χ0v) is 20.1. The lowest BCUT2D eigenvalue weighted by molar-refractivity contribution is 0.623. The van der Waals surface area contributed by atoms with Gasteiger partial charge in [-0.15, -0.1) is 0 Å². The number of thioether (sulfide) groups is 1. The molecule has 1 fully saturated rings. The molecule has 1 N–H and O–H groups in total. The zero-order valence-electron chi connectivity index (χ0n) is 19.3. The Morgan fingerprint density at radius 1 is 0.909 bits per heavy atom. The fraction of sp³-hybridized carbons (Fsp3) is 0.320. The summed E-state index contributed by atoms with van der Waals surface area (Å²) in [6.07, 6.45) is 6.02. The predicted octanol–water partition coefficient (Wildman–Crippen LogP) is 5.20. The average Bonchev–Trinajstić information content (AvgIpc) is 3.28. The van der Waals surface area contributed by atoms with E-state index < -0.39 is 0 Å². The molecule has 0 saturated carbocycles. The second-order valence-electron chi connectivity index (χ2n) is 8.48. The van der Waals surface area contributed by atoms with E-state index in [1.165, 1.54) is 10.9 Å². The lowest BCUT2D eigenvalue weighted by atomic mass is 10.2. The van der Waals surface area contributed by atoms with Gasteiger partial charge in [0, 0.05) is 67.3 Å². The molecule has 7 nitrogen and oxygen atoms in total. The maximum absolute atomic E-state index is 4.79. The lowest BCUT2D eigenvalue weighted by Gasteiger charge is -2.36. The van der Waals surface area contributed by atoms with Crippen molar-refractivity contribution in [2.24, 2.45) is 0 Å². The summed E-state index contributed by atoms with van der Waals surface area (Å²) in [4.78, 5) is 18.6. The summed E-state index contributed by atoms with van der Waals surface area (Å²) in [6.45, 7) is 8.04. The van der Waals surface area contributed by atoms with E-state index in [-0.39, 0.29) is 0 Å². The number of fused-ring (bicyclic) bond motifs is 1. The Morgan fingerprint density at radius 2 is 1.70 bits per heavy atom. The van der Waals surface area contributed by atoms with Gasteiger partial charge in [-0.2, -0.15) is 0 Å². The molecule has 1 aliphatic heterocycles. The van der Waals surface area contributed by atoms with E-state index in [1.54, 1.807) is 11.8 Å². The van der Waals surface area contributed by atoms with Gasteiger partial charge >= 0.3 is 0 Å². The van der Waals surface area contributed by atoms with Crippen molar-refractivity contribution < 1.29 is 0 Å². The standard InChI is InChI=1S/C25H29N7S/c1-18(2)32-11-9-19-16-20(7-8-21(19)32)27-22-17-24(29-25(28-22)33-3)31-14-12-30(13-15-31)23-6-4-5-10-26-23/h4-11,16-18H,12-15H2,1-3H3,(H,27,28,29). The largest absolute Gasteiger partial charge is 0.353 e. The minimum absolute atomic E-state index is 0.438. The topological polar surface area (TPSA) is 62.1 Å². The third kappa shape index (κ3) is 4.61. The molecule has 1 aromatic carbocycles. The summed E-state index contributed by atoms with van der Waals surface area (Å²) < 4.78 is 2.29. The quantitative estimate of drug-likeness (QED) is 0.314. The monoisotopic (exact) mass is 459 g/mol. The van der Waals surface area contributed by atoms with Crippen LogP contribution >= 0.6 is 11.8 Å². The van der Waals surface area contributed by atoms with Crippen molar-refractivity contribution in [3.05, 3.63) is 60.9 Å². The maximum Gasteiger partial charge on any atom is 0.191 e. The van der Waals surface area contributed by atoms with Gasteiger partial charge in [0.25, 0.3) is 0 Å². The lowest BCUT2D eigenvalue weighted by Crippen LogP contribution is -2.47. The van der Waals surface area contributed by atoms with Crippen molar-refractivity contribution in [1.82, 2.24) is 19.5 Å². The molecule has 4 heterocycles. The first kappa shape index (κ1) is 21.6. The highest BCUT2D eigenvalue weighted by atomic mass is 32.2. The molecule has 0 amide bonds. The molecule has 0 aliphatic carbocycles. The van der Waals surface area contributed by atoms with Gasteiger partial charge in [-0.1, -0.05) is 17.8 Å². The number of benzene rings is 1. The van der Waals surface area contributed by atoms with E-state index in [0.29, 0.717) is 6.04 Å². The molecule has 3 aromatic heterocycles. The number of pyridine rings is 1. The van der Waals surface area contributed by atoms with Gasteiger partial charge in [0.15, 0.2) is 5.16 Å². The molecular formula is C25H29N7S. The van der Waals surface area contributed by atoms with E-state index >= 15 is 0 Å². The first-order valence-electron chi connectivity index (χ1n) is 11.3. The highest BCUT2D eigenvalue weighted by Crippen LogP contribution is 2.28. The van der Waals surface area contributed by atoms with Crippen molar-refractivity contribution in [2.75, 3.05) is 47.6 Å². The fourth-order valence-corrected chi connectivity index (χ4v) is 4.65. The highest BCUT2D eigenvalue weighted by molar-refractivity contribution is 7.98. The first-order chi connectivity index (χ1) is 16.1.